The van der Waals surface area contributed by atoms with Gasteiger partial charge in [-0.2, -0.15) is 0 Å². The maximum absolute atomic E-state index is 12.5. The van der Waals surface area contributed by atoms with E-state index in [1.165, 1.54) is 18.0 Å². The number of likely N-dealkylation sites (tertiary alicyclic amines) is 1. The molecule has 3 amide bonds. The average molecular weight is 324 g/mol. The smallest absolute Gasteiger partial charge is 0.410 e. The van der Waals surface area contributed by atoms with E-state index < -0.39 is 5.60 Å². The summed E-state index contributed by atoms with van der Waals surface area (Å²) in [6.07, 6.45) is 1.74. The summed E-state index contributed by atoms with van der Waals surface area (Å²) >= 11 is 1.14. The van der Waals surface area contributed by atoms with Crippen LogP contribution in [0.5, 0.6) is 0 Å². The number of anilines is 1. The molecule has 0 aliphatic carbocycles. The Hall–Kier alpha value is -2.16. The second kappa shape index (κ2) is 5.24. The van der Waals surface area contributed by atoms with Gasteiger partial charge in [-0.25, -0.2) is 9.78 Å². The molecule has 2 aliphatic rings. The van der Waals surface area contributed by atoms with Gasteiger partial charge in [-0.1, -0.05) is 11.3 Å². The van der Waals surface area contributed by atoms with Crippen LogP contribution in [0.3, 0.4) is 0 Å². The number of carbonyl (C=O) groups is 3. The van der Waals surface area contributed by atoms with Crippen molar-refractivity contribution >= 4 is 34.4 Å². The minimum Gasteiger partial charge on any atom is -0.439 e. The molecule has 1 aromatic heterocycles. The summed E-state index contributed by atoms with van der Waals surface area (Å²) in [5, 5.41) is 2.95. The van der Waals surface area contributed by atoms with E-state index in [2.05, 4.69) is 10.3 Å². The molecule has 3 rings (SSSR count). The Morgan fingerprint density at radius 2 is 2.23 bits per heavy atom. The molecule has 1 N–H and O–H groups in total. The van der Waals surface area contributed by atoms with Crippen LogP contribution >= 0.6 is 11.3 Å². The van der Waals surface area contributed by atoms with Crippen LogP contribution in [0.25, 0.3) is 0 Å². The van der Waals surface area contributed by atoms with Crippen molar-refractivity contribution in [3.63, 3.8) is 0 Å². The predicted octanol–water partition coefficient (Wildman–Crippen LogP) is 0.768. The van der Waals surface area contributed by atoms with Crippen molar-refractivity contribution in [2.45, 2.75) is 18.9 Å². The zero-order valence-electron chi connectivity index (χ0n) is 12.3. The van der Waals surface area contributed by atoms with Crippen LogP contribution in [0.1, 0.15) is 23.0 Å². The minimum atomic E-state index is -0.591. The summed E-state index contributed by atoms with van der Waals surface area (Å²) in [5.41, 5.74) is -0.591. The molecule has 9 heteroatoms. The Kier molecular flexibility index (Phi) is 3.51. The number of hydrogen-bond acceptors (Lipinski definition) is 6. The van der Waals surface area contributed by atoms with Gasteiger partial charge in [0.25, 0.3) is 5.91 Å². The fraction of sp³-hybridized carbons (Fsp3) is 0.538. The number of nitrogens with zero attached hydrogens (tertiary/aromatic N) is 3. The number of amides is 3. The zero-order valence-corrected chi connectivity index (χ0v) is 13.1. The first-order valence-corrected chi connectivity index (χ1v) is 7.67. The molecule has 0 saturated carbocycles. The normalized spacial score (nSPS) is 24.0. The van der Waals surface area contributed by atoms with Crippen molar-refractivity contribution in [1.29, 1.82) is 0 Å². The van der Waals surface area contributed by atoms with Crippen LogP contribution in [-0.4, -0.2) is 65.0 Å². The topological polar surface area (TPSA) is 91.8 Å². The average Bonchev–Trinajstić information content (AvgIpc) is 3.11. The van der Waals surface area contributed by atoms with E-state index in [1.54, 1.807) is 11.9 Å². The molecular formula is C13H16N4O4S. The number of rotatable bonds is 2. The summed E-state index contributed by atoms with van der Waals surface area (Å²) < 4.78 is 5.42. The first kappa shape index (κ1) is 14.8. The summed E-state index contributed by atoms with van der Waals surface area (Å²) in [7, 11) is 1.68. The lowest BCUT2D eigenvalue weighted by molar-refractivity contribution is -0.114. The molecule has 0 aromatic carbocycles. The first-order valence-electron chi connectivity index (χ1n) is 6.85. The number of carbonyl (C=O) groups excluding carboxylic acids is 3. The highest BCUT2D eigenvalue weighted by Gasteiger charge is 2.49. The van der Waals surface area contributed by atoms with Crippen molar-refractivity contribution in [2.24, 2.45) is 0 Å². The van der Waals surface area contributed by atoms with Crippen LogP contribution in [0.2, 0.25) is 0 Å². The van der Waals surface area contributed by atoms with Gasteiger partial charge in [0.2, 0.25) is 5.91 Å². The molecule has 0 radical (unpaired) electrons. The van der Waals surface area contributed by atoms with Crippen LogP contribution in [-0.2, 0) is 9.53 Å². The fourth-order valence-corrected chi connectivity index (χ4v) is 3.59. The number of likely N-dealkylation sites (N-methyl/N-ethyl adjacent to an activating group) is 1. The Morgan fingerprint density at radius 1 is 1.45 bits per heavy atom. The fourth-order valence-electron chi connectivity index (χ4n) is 2.76. The zero-order chi connectivity index (χ0) is 15.9. The second-order valence-corrected chi connectivity index (χ2v) is 6.63. The lowest BCUT2D eigenvalue weighted by Crippen LogP contribution is -2.38. The summed E-state index contributed by atoms with van der Waals surface area (Å²) in [5.74, 6) is -0.383. The second-order valence-electron chi connectivity index (χ2n) is 5.59. The van der Waals surface area contributed by atoms with Gasteiger partial charge in [0.15, 0.2) is 10.7 Å². The number of hydrogen-bond donors (Lipinski definition) is 1. The lowest BCUT2D eigenvalue weighted by atomic mass is 10.0. The van der Waals surface area contributed by atoms with Gasteiger partial charge < -0.3 is 19.9 Å². The molecular weight excluding hydrogens is 308 g/mol. The monoisotopic (exact) mass is 324 g/mol. The highest BCUT2D eigenvalue weighted by atomic mass is 32.1. The molecule has 1 atom stereocenters. The van der Waals surface area contributed by atoms with Crippen LogP contribution in [0, 0.1) is 0 Å². The molecule has 118 valence electrons. The van der Waals surface area contributed by atoms with E-state index in [-0.39, 0.29) is 17.9 Å². The quantitative estimate of drug-likeness (QED) is 0.867. The maximum atomic E-state index is 12.5. The molecule has 8 nitrogen and oxygen atoms in total. The highest BCUT2D eigenvalue weighted by Crippen LogP contribution is 2.33. The standard InChI is InChI=1S/C13H16N4O4S/c1-8(18)15-11-14-5-9(22-11)10(19)17-4-3-13(7-17)6-16(2)12(20)21-13/h5H,3-4,6-7H2,1-2H3,(H,14,15,18)/t13-/m1/s1. The highest BCUT2D eigenvalue weighted by molar-refractivity contribution is 7.17. The van der Waals surface area contributed by atoms with Gasteiger partial charge >= 0.3 is 6.09 Å². The molecule has 2 fully saturated rings. The lowest BCUT2D eigenvalue weighted by Gasteiger charge is -2.21. The molecule has 2 saturated heterocycles. The Bertz CT molecular complexity index is 646. The SMILES string of the molecule is CC(=O)Nc1ncc(C(=O)N2CC[C@@]3(CN(C)C(=O)O3)C2)s1. The molecule has 2 aliphatic heterocycles. The third-order valence-electron chi connectivity index (χ3n) is 3.74. The maximum Gasteiger partial charge on any atom is 0.410 e. The van der Waals surface area contributed by atoms with Crippen molar-refractivity contribution in [1.82, 2.24) is 14.8 Å². The molecule has 0 unspecified atom stereocenters. The van der Waals surface area contributed by atoms with Crippen molar-refractivity contribution in [2.75, 3.05) is 32.0 Å². The molecule has 1 aromatic rings. The van der Waals surface area contributed by atoms with Crippen molar-refractivity contribution < 1.29 is 19.1 Å². The van der Waals surface area contributed by atoms with E-state index in [1.807, 2.05) is 0 Å². The molecule has 3 heterocycles. The number of nitrogens with one attached hydrogen (secondary N) is 1. The predicted molar refractivity (Wildman–Crippen MR) is 78.8 cm³/mol. The van der Waals surface area contributed by atoms with Crippen molar-refractivity contribution in [3.05, 3.63) is 11.1 Å². The number of thiazole rings is 1. The number of aromatic nitrogens is 1. The van der Waals surface area contributed by atoms with Crippen LogP contribution in [0.15, 0.2) is 6.20 Å². The molecule has 0 bridgehead atoms. The summed E-state index contributed by atoms with van der Waals surface area (Å²) in [4.78, 5) is 42.7. The summed E-state index contributed by atoms with van der Waals surface area (Å²) in [6, 6.07) is 0. The largest absolute Gasteiger partial charge is 0.439 e. The van der Waals surface area contributed by atoms with E-state index in [9.17, 15) is 14.4 Å². The van der Waals surface area contributed by atoms with Gasteiger partial charge in [-0.15, -0.1) is 0 Å². The minimum absolute atomic E-state index is 0.156. The van der Waals surface area contributed by atoms with Gasteiger partial charge in [0.1, 0.15) is 4.88 Å². The molecule has 22 heavy (non-hydrogen) atoms. The van der Waals surface area contributed by atoms with E-state index in [0.717, 1.165) is 11.3 Å². The summed E-state index contributed by atoms with van der Waals surface area (Å²) in [6.45, 7) is 2.80. The third kappa shape index (κ3) is 2.63. The van der Waals surface area contributed by atoms with Crippen LogP contribution in [0.4, 0.5) is 9.93 Å². The third-order valence-corrected chi connectivity index (χ3v) is 4.64. The Labute approximate surface area is 131 Å². The van der Waals surface area contributed by atoms with Gasteiger partial charge in [-0.3, -0.25) is 9.59 Å². The van der Waals surface area contributed by atoms with E-state index >= 15 is 0 Å². The number of ether oxygens (including phenoxy) is 1. The van der Waals surface area contributed by atoms with Gasteiger partial charge in [0, 0.05) is 26.9 Å². The first-order chi connectivity index (χ1) is 10.4. The Morgan fingerprint density at radius 3 is 2.86 bits per heavy atom. The van der Waals surface area contributed by atoms with Crippen molar-refractivity contribution in [3.8, 4) is 0 Å². The van der Waals surface area contributed by atoms with Crippen LogP contribution < -0.4 is 5.32 Å². The van der Waals surface area contributed by atoms with Gasteiger partial charge in [-0.05, 0) is 0 Å². The molecule has 1 spiro atoms. The van der Waals surface area contributed by atoms with E-state index in [4.69, 9.17) is 4.74 Å². The Balaban J connectivity index is 1.68. The van der Waals surface area contributed by atoms with Gasteiger partial charge in [0.05, 0.1) is 19.3 Å². The van der Waals surface area contributed by atoms with E-state index in [0.29, 0.717) is 36.1 Å².